The number of carboxylic acids is 1. The van der Waals surface area contributed by atoms with Crippen LogP contribution in [0.1, 0.15) is 29.5 Å². The summed E-state index contributed by atoms with van der Waals surface area (Å²) in [7, 11) is 3.15. The summed E-state index contributed by atoms with van der Waals surface area (Å²) in [6.07, 6.45) is 2.32. The zero-order valence-corrected chi connectivity index (χ0v) is 22.2. The van der Waals surface area contributed by atoms with E-state index < -0.39 is 5.97 Å². The van der Waals surface area contributed by atoms with Gasteiger partial charge in [0.2, 0.25) is 0 Å². The number of rotatable bonds is 9. The number of fused-ring (bicyclic) bond motifs is 1. The number of hydrogen-bond donors (Lipinski definition) is 3. The normalized spacial score (nSPS) is 16.8. The lowest BCUT2D eigenvalue weighted by atomic mass is 9.97. The van der Waals surface area contributed by atoms with E-state index in [9.17, 15) is 14.7 Å². The molecular formula is C31H33N3O5. The lowest BCUT2D eigenvalue weighted by Crippen LogP contribution is -2.37. The molecule has 8 heteroatoms. The smallest absolute Gasteiger partial charge is 0.306 e. The van der Waals surface area contributed by atoms with Gasteiger partial charge in [0.15, 0.2) is 11.5 Å². The number of likely N-dealkylation sites (tertiary alicyclic amines) is 1. The number of piperidine rings is 1. The molecule has 1 saturated heterocycles. The highest BCUT2D eigenvalue weighted by molar-refractivity contribution is 6.37. The van der Waals surface area contributed by atoms with Crippen LogP contribution >= 0.6 is 0 Å². The molecule has 3 N–H and O–H groups in total. The zero-order valence-electron chi connectivity index (χ0n) is 22.2. The van der Waals surface area contributed by atoms with Gasteiger partial charge in [-0.05, 0) is 61.7 Å². The summed E-state index contributed by atoms with van der Waals surface area (Å²) in [4.78, 5) is 26.8. The molecule has 3 aromatic carbocycles. The van der Waals surface area contributed by atoms with Gasteiger partial charge in [0.05, 0.1) is 37.1 Å². The average Bonchev–Trinajstić information content (AvgIpc) is 3.29. The molecule has 2 aliphatic heterocycles. The molecule has 0 aliphatic carbocycles. The largest absolute Gasteiger partial charge is 0.493 e. The van der Waals surface area contributed by atoms with Gasteiger partial charge in [0.1, 0.15) is 0 Å². The van der Waals surface area contributed by atoms with Crippen molar-refractivity contribution in [2.24, 2.45) is 5.92 Å². The summed E-state index contributed by atoms with van der Waals surface area (Å²) >= 11 is 0. The maximum Gasteiger partial charge on any atom is 0.306 e. The Morgan fingerprint density at radius 3 is 2.31 bits per heavy atom. The summed E-state index contributed by atoms with van der Waals surface area (Å²) in [5.74, 6) is 0.00889. The Balaban J connectivity index is 1.37. The van der Waals surface area contributed by atoms with E-state index in [-0.39, 0.29) is 11.8 Å². The van der Waals surface area contributed by atoms with Crippen molar-refractivity contribution >= 4 is 34.5 Å². The molecule has 0 saturated carbocycles. The van der Waals surface area contributed by atoms with E-state index in [0.29, 0.717) is 41.3 Å². The minimum absolute atomic E-state index is 0.199. The fourth-order valence-corrected chi connectivity index (χ4v) is 5.22. The third kappa shape index (κ3) is 5.76. The number of anilines is 2. The fraction of sp³-hybridized carbons (Fsp3) is 0.290. The predicted octanol–water partition coefficient (Wildman–Crippen LogP) is 4.98. The third-order valence-corrected chi connectivity index (χ3v) is 7.46. The van der Waals surface area contributed by atoms with Crippen molar-refractivity contribution in [1.82, 2.24) is 4.90 Å². The number of methoxy groups -OCH3 is 2. The lowest BCUT2D eigenvalue weighted by Gasteiger charge is -2.29. The van der Waals surface area contributed by atoms with E-state index in [1.807, 2.05) is 48.5 Å². The van der Waals surface area contributed by atoms with Crippen LogP contribution in [0.15, 0.2) is 66.7 Å². The lowest BCUT2D eigenvalue weighted by molar-refractivity contribution is -0.143. The molecule has 3 aromatic rings. The van der Waals surface area contributed by atoms with Crippen LogP contribution < -0.4 is 20.1 Å². The first kappa shape index (κ1) is 26.3. The van der Waals surface area contributed by atoms with Crippen LogP contribution in [0.3, 0.4) is 0 Å². The van der Waals surface area contributed by atoms with Gasteiger partial charge in [-0.1, -0.05) is 42.5 Å². The van der Waals surface area contributed by atoms with Gasteiger partial charge in [0.25, 0.3) is 5.91 Å². The molecule has 0 radical (unpaired) electrons. The number of amides is 1. The molecule has 39 heavy (non-hydrogen) atoms. The number of hydrogen-bond acceptors (Lipinski definition) is 6. The van der Waals surface area contributed by atoms with E-state index in [4.69, 9.17) is 9.47 Å². The Bertz CT molecular complexity index is 1380. The average molecular weight is 528 g/mol. The van der Waals surface area contributed by atoms with Gasteiger partial charge in [-0.3, -0.25) is 9.59 Å². The van der Waals surface area contributed by atoms with Gasteiger partial charge < -0.3 is 30.1 Å². The second-order valence-corrected chi connectivity index (χ2v) is 9.85. The summed E-state index contributed by atoms with van der Waals surface area (Å²) < 4.78 is 10.9. The molecule has 1 amide bonds. The maximum absolute atomic E-state index is 13.3. The van der Waals surface area contributed by atoms with E-state index in [1.54, 1.807) is 20.3 Å². The minimum Gasteiger partial charge on any atom is -0.493 e. The van der Waals surface area contributed by atoms with Crippen molar-refractivity contribution in [3.63, 3.8) is 0 Å². The number of aliphatic carboxylic acids is 1. The summed E-state index contributed by atoms with van der Waals surface area (Å²) in [6.45, 7) is 2.55. The van der Waals surface area contributed by atoms with Crippen molar-refractivity contribution in [1.29, 1.82) is 0 Å². The van der Waals surface area contributed by atoms with Crippen LogP contribution in [-0.2, 0) is 16.0 Å². The molecule has 202 valence electrons. The first-order valence-electron chi connectivity index (χ1n) is 13.2. The maximum atomic E-state index is 13.3. The molecule has 0 spiro atoms. The predicted molar refractivity (Wildman–Crippen MR) is 152 cm³/mol. The number of carbonyl (C=O) groups is 2. The number of carbonyl (C=O) groups excluding carboxylic acids is 1. The van der Waals surface area contributed by atoms with Gasteiger partial charge >= 0.3 is 5.97 Å². The van der Waals surface area contributed by atoms with Gasteiger partial charge in [-0.15, -0.1) is 0 Å². The summed E-state index contributed by atoms with van der Waals surface area (Å²) in [6, 6.07) is 21.6. The van der Waals surface area contributed by atoms with Crippen molar-refractivity contribution in [3.8, 4) is 11.5 Å². The van der Waals surface area contributed by atoms with Gasteiger partial charge in [-0.25, -0.2) is 0 Å². The van der Waals surface area contributed by atoms with E-state index in [0.717, 1.165) is 42.9 Å². The monoisotopic (exact) mass is 527 g/mol. The van der Waals surface area contributed by atoms with Crippen LogP contribution in [0.2, 0.25) is 0 Å². The van der Waals surface area contributed by atoms with Crippen molar-refractivity contribution in [2.45, 2.75) is 19.3 Å². The fourth-order valence-electron chi connectivity index (χ4n) is 5.22. The number of carboxylic acid groups (broad SMARTS) is 1. The Kier molecular flexibility index (Phi) is 7.84. The van der Waals surface area contributed by atoms with Gasteiger partial charge in [-0.2, -0.15) is 0 Å². The summed E-state index contributed by atoms with van der Waals surface area (Å²) in [5, 5.41) is 15.7. The molecule has 0 unspecified atom stereocenters. The molecule has 2 aliphatic rings. The van der Waals surface area contributed by atoms with E-state index in [1.165, 1.54) is 5.56 Å². The SMILES string of the molecule is COc1cc2c(cc1OC)C(=C(Nc1ccc(CCN3CCC(C(=O)O)CC3)cc1)c1ccccc1)C(=O)N2. The van der Waals surface area contributed by atoms with E-state index >= 15 is 0 Å². The van der Waals surface area contributed by atoms with Crippen LogP contribution in [0.5, 0.6) is 11.5 Å². The van der Waals surface area contributed by atoms with Crippen molar-refractivity contribution in [3.05, 3.63) is 83.4 Å². The molecule has 2 heterocycles. The van der Waals surface area contributed by atoms with Crippen LogP contribution in [-0.4, -0.2) is 55.7 Å². The van der Waals surface area contributed by atoms with Crippen LogP contribution in [0.25, 0.3) is 11.3 Å². The molecule has 0 aromatic heterocycles. The van der Waals surface area contributed by atoms with Crippen LogP contribution in [0.4, 0.5) is 11.4 Å². The first-order valence-corrected chi connectivity index (χ1v) is 13.2. The summed E-state index contributed by atoms with van der Waals surface area (Å²) in [5.41, 5.74) is 5.61. The standard InChI is InChI=1S/C31H33N3O5/c1-38-26-18-24-25(19-27(26)39-2)33-30(35)28(24)29(21-6-4-3-5-7-21)32-23-10-8-20(9-11-23)12-15-34-16-13-22(14-17-34)31(36)37/h3-11,18-19,22,32H,12-17H2,1-2H3,(H,33,35)(H,36,37). The highest BCUT2D eigenvalue weighted by atomic mass is 16.5. The number of ether oxygens (including phenoxy) is 2. The molecular weight excluding hydrogens is 494 g/mol. The van der Waals surface area contributed by atoms with Crippen molar-refractivity contribution in [2.75, 3.05) is 44.5 Å². The highest BCUT2D eigenvalue weighted by Gasteiger charge is 2.30. The second kappa shape index (κ2) is 11.6. The molecule has 8 nitrogen and oxygen atoms in total. The Hall–Kier alpha value is -4.30. The molecule has 0 bridgehead atoms. The molecule has 5 rings (SSSR count). The Morgan fingerprint density at radius 2 is 1.67 bits per heavy atom. The quantitative estimate of drug-likeness (QED) is 0.338. The van der Waals surface area contributed by atoms with Crippen molar-refractivity contribution < 1.29 is 24.2 Å². The molecule has 1 fully saturated rings. The van der Waals surface area contributed by atoms with Gasteiger partial charge in [0, 0.05) is 23.9 Å². The topological polar surface area (TPSA) is 100 Å². The number of benzene rings is 3. The van der Waals surface area contributed by atoms with E-state index in [2.05, 4.69) is 27.7 Å². The highest BCUT2D eigenvalue weighted by Crippen LogP contribution is 2.43. The minimum atomic E-state index is -0.681. The number of nitrogens with one attached hydrogen (secondary N) is 2. The second-order valence-electron chi connectivity index (χ2n) is 9.85. The first-order chi connectivity index (χ1) is 19.0. The number of nitrogens with zero attached hydrogens (tertiary/aromatic N) is 1. The Morgan fingerprint density at radius 1 is 1.00 bits per heavy atom. The third-order valence-electron chi connectivity index (χ3n) is 7.46. The van der Waals surface area contributed by atoms with Crippen LogP contribution in [0, 0.1) is 5.92 Å². The zero-order chi connectivity index (χ0) is 27.4. The molecule has 0 atom stereocenters. The Labute approximate surface area is 228 Å².